The van der Waals surface area contributed by atoms with Crippen molar-refractivity contribution in [1.29, 1.82) is 0 Å². The first kappa shape index (κ1) is 15.3. The van der Waals surface area contributed by atoms with Crippen molar-refractivity contribution < 1.29 is 0 Å². The largest absolute Gasteiger partial charge is 0.389 e. The molecule has 1 unspecified atom stereocenters. The number of halogens is 1. The van der Waals surface area contributed by atoms with Gasteiger partial charge in [-0.1, -0.05) is 43.7 Å². The highest BCUT2D eigenvalue weighted by molar-refractivity contribution is 7.80. The first-order valence-corrected chi connectivity index (χ1v) is 8.05. The van der Waals surface area contributed by atoms with E-state index in [1.54, 1.807) is 17.4 Å². The molecule has 2 nitrogen and oxygen atoms in total. The smallest absolute Gasteiger partial charge is 0.106 e. The Labute approximate surface area is 134 Å². The highest BCUT2D eigenvalue weighted by Crippen LogP contribution is 2.32. The molecular weight excluding hydrogens is 308 g/mol. The number of nitrogens with one attached hydrogen (secondary N) is 1. The van der Waals surface area contributed by atoms with Gasteiger partial charge in [-0.3, -0.25) is 0 Å². The van der Waals surface area contributed by atoms with Gasteiger partial charge in [-0.2, -0.15) is 0 Å². The second-order valence-corrected chi connectivity index (χ2v) is 6.79. The Balaban J connectivity index is 2.36. The zero-order valence-electron chi connectivity index (χ0n) is 11.4. The monoisotopic (exact) mass is 324 g/mol. The van der Waals surface area contributed by atoms with Gasteiger partial charge < -0.3 is 11.1 Å². The van der Waals surface area contributed by atoms with E-state index in [1.807, 2.05) is 12.1 Å². The van der Waals surface area contributed by atoms with Crippen molar-refractivity contribution in [3.63, 3.8) is 0 Å². The maximum Gasteiger partial charge on any atom is 0.106 e. The van der Waals surface area contributed by atoms with Crippen LogP contribution in [0.2, 0.25) is 5.02 Å². The molecule has 0 saturated heterocycles. The Morgan fingerprint density at radius 2 is 2.10 bits per heavy atom. The van der Waals surface area contributed by atoms with Gasteiger partial charge in [0.25, 0.3) is 0 Å². The van der Waals surface area contributed by atoms with E-state index in [9.17, 15) is 0 Å². The van der Waals surface area contributed by atoms with Gasteiger partial charge in [0.15, 0.2) is 0 Å². The molecule has 0 aliphatic carbocycles. The predicted octanol–water partition coefficient (Wildman–Crippen LogP) is 4.84. The van der Waals surface area contributed by atoms with Crippen LogP contribution in [0.15, 0.2) is 35.7 Å². The van der Waals surface area contributed by atoms with Crippen molar-refractivity contribution in [3.8, 4) is 0 Å². The molecule has 0 radical (unpaired) electrons. The lowest BCUT2D eigenvalue weighted by atomic mass is 10.0. The minimum Gasteiger partial charge on any atom is -0.389 e. The fourth-order valence-corrected chi connectivity index (χ4v) is 3.35. The normalized spacial score (nSPS) is 12.4. The van der Waals surface area contributed by atoms with E-state index in [0.717, 1.165) is 11.3 Å². The van der Waals surface area contributed by atoms with Crippen molar-refractivity contribution in [2.24, 2.45) is 11.7 Å². The van der Waals surface area contributed by atoms with Crippen LogP contribution in [-0.4, -0.2) is 4.99 Å². The van der Waals surface area contributed by atoms with E-state index in [0.29, 0.717) is 15.9 Å². The van der Waals surface area contributed by atoms with E-state index < -0.39 is 0 Å². The molecule has 2 rings (SSSR count). The molecule has 0 spiro atoms. The lowest BCUT2D eigenvalue weighted by molar-refractivity contribution is 0.554. The lowest BCUT2D eigenvalue weighted by Crippen LogP contribution is -2.19. The highest BCUT2D eigenvalue weighted by Gasteiger charge is 2.18. The number of thiocarbonyl (C=S) groups is 1. The van der Waals surface area contributed by atoms with E-state index in [-0.39, 0.29) is 6.04 Å². The summed E-state index contributed by atoms with van der Waals surface area (Å²) in [6, 6.07) is 9.94. The van der Waals surface area contributed by atoms with E-state index >= 15 is 0 Å². The molecule has 0 fully saturated rings. The maximum atomic E-state index is 6.09. The summed E-state index contributed by atoms with van der Waals surface area (Å²) in [5.74, 6) is 0.437. The Bertz CT molecular complexity index is 594. The number of thiophene rings is 1. The third-order valence-electron chi connectivity index (χ3n) is 3.07. The van der Waals surface area contributed by atoms with Crippen molar-refractivity contribution in [2.75, 3.05) is 5.32 Å². The molecule has 0 bridgehead atoms. The fourth-order valence-electron chi connectivity index (χ4n) is 2.05. The zero-order valence-corrected chi connectivity index (χ0v) is 13.8. The predicted molar refractivity (Wildman–Crippen MR) is 92.9 cm³/mol. The van der Waals surface area contributed by atoms with Crippen LogP contribution in [0.4, 0.5) is 5.69 Å². The number of hydrogen-bond donors (Lipinski definition) is 2. The third-order valence-corrected chi connectivity index (χ3v) is 4.48. The topological polar surface area (TPSA) is 38.0 Å². The minimum atomic E-state index is 0.210. The van der Waals surface area contributed by atoms with Gasteiger partial charge in [0.2, 0.25) is 0 Å². The molecule has 0 amide bonds. The SMILES string of the molecule is CC(C)C(Nc1cc(Cl)ccc1C(N)=S)c1cccs1. The highest BCUT2D eigenvalue weighted by atomic mass is 35.5. The number of hydrogen-bond acceptors (Lipinski definition) is 3. The van der Waals surface area contributed by atoms with Gasteiger partial charge in [-0.05, 0) is 35.6 Å². The van der Waals surface area contributed by atoms with Crippen LogP contribution in [0.1, 0.15) is 30.3 Å². The van der Waals surface area contributed by atoms with Gasteiger partial charge in [0, 0.05) is 21.2 Å². The minimum absolute atomic E-state index is 0.210. The van der Waals surface area contributed by atoms with E-state index in [2.05, 4.69) is 36.7 Å². The average molecular weight is 325 g/mol. The summed E-state index contributed by atoms with van der Waals surface area (Å²) in [5.41, 5.74) is 7.50. The molecule has 1 aromatic carbocycles. The quantitative estimate of drug-likeness (QED) is 0.772. The Hall–Kier alpha value is -1.10. The standard InChI is InChI=1S/C15H17ClN2S2/c1-9(2)14(13-4-3-7-20-13)18-12-8-10(16)5-6-11(12)15(17)19/h3-9,14,18H,1-2H3,(H2,17,19). The first-order valence-electron chi connectivity index (χ1n) is 6.38. The summed E-state index contributed by atoms with van der Waals surface area (Å²) >= 11 is 12.9. The molecular formula is C15H17ClN2S2. The molecule has 0 aliphatic heterocycles. The Morgan fingerprint density at radius 1 is 1.35 bits per heavy atom. The maximum absolute atomic E-state index is 6.09. The molecule has 106 valence electrons. The van der Waals surface area contributed by atoms with Crippen molar-refractivity contribution in [3.05, 3.63) is 51.2 Å². The molecule has 5 heteroatoms. The molecule has 0 saturated carbocycles. The third kappa shape index (κ3) is 3.51. The lowest BCUT2D eigenvalue weighted by Gasteiger charge is -2.24. The number of rotatable bonds is 5. The summed E-state index contributed by atoms with van der Waals surface area (Å²) in [7, 11) is 0. The number of anilines is 1. The van der Waals surface area contributed by atoms with Crippen molar-refractivity contribution in [2.45, 2.75) is 19.9 Å². The van der Waals surface area contributed by atoms with Crippen molar-refractivity contribution in [1.82, 2.24) is 0 Å². The summed E-state index contributed by atoms with van der Waals surface area (Å²) in [6.45, 7) is 4.37. The van der Waals surface area contributed by atoms with Crippen LogP contribution < -0.4 is 11.1 Å². The molecule has 1 aromatic heterocycles. The van der Waals surface area contributed by atoms with Crippen LogP contribution in [0.3, 0.4) is 0 Å². The Morgan fingerprint density at radius 3 is 2.65 bits per heavy atom. The summed E-state index contributed by atoms with van der Waals surface area (Å²) in [6.07, 6.45) is 0. The number of benzene rings is 1. The second kappa shape index (κ2) is 6.57. The van der Waals surface area contributed by atoms with Crippen molar-refractivity contribution >= 4 is 45.8 Å². The second-order valence-electron chi connectivity index (χ2n) is 4.94. The number of nitrogens with two attached hydrogens (primary N) is 1. The van der Waals surface area contributed by atoms with Crippen LogP contribution in [0.5, 0.6) is 0 Å². The molecule has 0 aliphatic rings. The van der Waals surface area contributed by atoms with Crippen LogP contribution in [0.25, 0.3) is 0 Å². The van der Waals surface area contributed by atoms with Gasteiger partial charge in [0.05, 0.1) is 6.04 Å². The van der Waals surface area contributed by atoms with Gasteiger partial charge in [-0.25, -0.2) is 0 Å². The van der Waals surface area contributed by atoms with Crippen LogP contribution in [-0.2, 0) is 0 Å². The van der Waals surface area contributed by atoms with Gasteiger partial charge in [0.1, 0.15) is 4.99 Å². The van der Waals surface area contributed by atoms with Crippen LogP contribution in [0, 0.1) is 5.92 Å². The molecule has 1 heterocycles. The zero-order chi connectivity index (χ0) is 14.7. The van der Waals surface area contributed by atoms with Gasteiger partial charge >= 0.3 is 0 Å². The molecule has 2 aromatic rings. The molecule has 20 heavy (non-hydrogen) atoms. The molecule has 1 atom stereocenters. The summed E-state index contributed by atoms with van der Waals surface area (Å²) < 4.78 is 0. The Kier molecular flexibility index (Phi) is 5.02. The summed E-state index contributed by atoms with van der Waals surface area (Å²) in [4.78, 5) is 1.66. The summed E-state index contributed by atoms with van der Waals surface area (Å²) in [5, 5.41) is 6.28. The molecule has 3 N–H and O–H groups in total. The van der Waals surface area contributed by atoms with E-state index in [1.165, 1.54) is 4.88 Å². The van der Waals surface area contributed by atoms with Crippen LogP contribution >= 0.6 is 35.2 Å². The average Bonchev–Trinajstić information content (AvgIpc) is 2.88. The fraction of sp³-hybridized carbons (Fsp3) is 0.267. The van der Waals surface area contributed by atoms with Gasteiger partial charge in [-0.15, -0.1) is 11.3 Å². The van der Waals surface area contributed by atoms with E-state index in [4.69, 9.17) is 29.6 Å². The first-order chi connectivity index (χ1) is 9.49.